The van der Waals surface area contributed by atoms with Crippen LogP contribution in [0.2, 0.25) is 0 Å². The number of halogens is 2. The van der Waals surface area contributed by atoms with Crippen molar-refractivity contribution in [1.82, 2.24) is 4.31 Å². The first-order valence-electron chi connectivity index (χ1n) is 10.8. The lowest BCUT2D eigenvalue weighted by Gasteiger charge is -2.30. The maximum atomic E-state index is 13.6. The smallest absolute Gasteiger partial charge is 0.368 e. The number of hydrogen-bond acceptors (Lipinski definition) is 6. The molecule has 0 aliphatic carbocycles. The molecule has 0 saturated carbocycles. The van der Waals surface area contributed by atoms with Crippen LogP contribution in [0.3, 0.4) is 0 Å². The first-order chi connectivity index (χ1) is 15.8. The summed E-state index contributed by atoms with van der Waals surface area (Å²) in [6.07, 6.45) is 3.82. The fourth-order valence-electron chi connectivity index (χ4n) is 3.57. The first kappa shape index (κ1) is 25.4. The Morgan fingerprint density at radius 2 is 2.03 bits per heavy atom. The molecule has 2 aromatic carbocycles. The van der Waals surface area contributed by atoms with E-state index in [9.17, 15) is 13.6 Å². The van der Waals surface area contributed by atoms with E-state index in [0.717, 1.165) is 52.7 Å². The lowest BCUT2D eigenvalue weighted by molar-refractivity contribution is -0.134. The van der Waals surface area contributed by atoms with E-state index in [2.05, 4.69) is 16.1 Å². The van der Waals surface area contributed by atoms with Gasteiger partial charge in [0.25, 0.3) is 0 Å². The number of fused-ring (bicyclic) bond motifs is 1. The number of likely N-dealkylation sites (N-methyl/N-ethyl adjacent to an activating group) is 1. The van der Waals surface area contributed by atoms with E-state index in [1.54, 1.807) is 24.1 Å². The maximum Gasteiger partial charge on any atom is 0.368 e. The Morgan fingerprint density at radius 3 is 2.67 bits per heavy atom. The molecule has 1 aliphatic heterocycles. The van der Waals surface area contributed by atoms with E-state index in [0.29, 0.717) is 12.0 Å². The monoisotopic (exact) mass is 494 g/mol. The summed E-state index contributed by atoms with van der Waals surface area (Å²) in [7, 11) is 2.04. The Kier molecular flexibility index (Phi) is 9.05. The van der Waals surface area contributed by atoms with Crippen molar-refractivity contribution in [1.29, 1.82) is 0 Å². The summed E-state index contributed by atoms with van der Waals surface area (Å²) in [4.78, 5) is 14.7. The van der Waals surface area contributed by atoms with E-state index >= 15 is 0 Å². The number of thioether (sulfide) groups is 1. The fraction of sp³-hybridized carbons (Fsp3) is 0.375. The van der Waals surface area contributed by atoms with Crippen LogP contribution in [-0.2, 0) is 4.79 Å². The third kappa shape index (κ3) is 6.43. The lowest BCUT2D eigenvalue weighted by atomic mass is 10.1. The van der Waals surface area contributed by atoms with Crippen molar-refractivity contribution in [2.24, 2.45) is 0 Å². The van der Waals surface area contributed by atoms with Gasteiger partial charge in [0.2, 0.25) is 5.83 Å². The molecule has 1 N–H and O–H groups in total. The molecular weight excluding hydrogens is 466 g/mol. The van der Waals surface area contributed by atoms with Gasteiger partial charge in [-0.05, 0) is 67.6 Å². The molecule has 5 nitrogen and oxygen atoms in total. The molecule has 0 radical (unpaired) electrons. The van der Waals surface area contributed by atoms with Crippen molar-refractivity contribution in [2.45, 2.75) is 48.9 Å². The predicted octanol–water partition coefficient (Wildman–Crippen LogP) is 6.86. The van der Waals surface area contributed by atoms with Crippen molar-refractivity contribution in [2.75, 3.05) is 24.2 Å². The largest absolute Gasteiger partial charge is 0.476 e. The molecule has 33 heavy (non-hydrogen) atoms. The minimum Gasteiger partial charge on any atom is -0.476 e. The fourth-order valence-corrected chi connectivity index (χ4v) is 5.38. The van der Waals surface area contributed by atoms with Gasteiger partial charge in [-0.15, -0.1) is 11.8 Å². The number of ether oxygens (including phenoxy) is 1. The van der Waals surface area contributed by atoms with Crippen molar-refractivity contribution in [3.05, 3.63) is 54.3 Å². The number of unbranched alkanes of at least 4 members (excludes halogenated alkanes) is 1. The van der Waals surface area contributed by atoms with Crippen LogP contribution in [0.5, 0.6) is 5.75 Å². The summed E-state index contributed by atoms with van der Waals surface area (Å²) in [5.41, 5.74) is 1.83. The van der Waals surface area contributed by atoms with E-state index < -0.39 is 11.8 Å². The molecule has 1 atom stereocenters. The third-order valence-corrected chi connectivity index (χ3v) is 7.32. The molecule has 2 aromatic rings. The predicted molar refractivity (Wildman–Crippen MR) is 131 cm³/mol. The van der Waals surface area contributed by atoms with Gasteiger partial charge in [0, 0.05) is 18.3 Å². The molecule has 0 amide bonds. The lowest BCUT2D eigenvalue weighted by Crippen LogP contribution is -2.35. The second-order valence-electron chi connectivity index (χ2n) is 7.61. The van der Waals surface area contributed by atoms with Gasteiger partial charge in [0.1, 0.15) is 17.8 Å². The number of carboxylic acid groups (broad SMARTS) is 1. The number of aliphatic carboxylic acids is 1. The zero-order chi connectivity index (χ0) is 24.0. The molecule has 1 aliphatic rings. The summed E-state index contributed by atoms with van der Waals surface area (Å²) in [6.45, 7) is 4.89. The molecule has 0 saturated heterocycles. The van der Waals surface area contributed by atoms with Gasteiger partial charge in [0.05, 0.1) is 15.5 Å². The highest BCUT2D eigenvalue weighted by atomic mass is 32.2. The number of nitrogens with zero attached hydrogens (tertiary/aromatic N) is 2. The van der Waals surface area contributed by atoms with Crippen LogP contribution < -0.4 is 9.64 Å². The summed E-state index contributed by atoms with van der Waals surface area (Å²) >= 11 is 3.09. The molecule has 1 heterocycles. The van der Waals surface area contributed by atoms with E-state index in [1.807, 2.05) is 26.1 Å². The van der Waals surface area contributed by atoms with Crippen molar-refractivity contribution >= 4 is 41.1 Å². The van der Waals surface area contributed by atoms with Crippen LogP contribution in [0, 0.1) is 5.82 Å². The van der Waals surface area contributed by atoms with E-state index in [4.69, 9.17) is 9.84 Å². The van der Waals surface area contributed by atoms with Crippen LogP contribution in [-0.4, -0.2) is 40.8 Å². The Morgan fingerprint density at radius 1 is 1.30 bits per heavy atom. The topological polar surface area (TPSA) is 53.0 Å². The number of benzene rings is 2. The van der Waals surface area contributed by atoms with Gasteiger partial charge in [-0.25, -0.2) is 13.5 Å². The van der Waals surface area contributed by atoms with Crippen LogP contribution in [0.4, 0.5) is 20.2 Å². The van der Waals surface area contributed by atoms with E-state index in [1.165, 1.54) is 23.9 Å². The number of carbonyl (C=O) groups is 1. The van der Waals surface area contributed by atoms with Gasteiger partial charge in [-0.3, -0.25) is 0 Å². The second kappa shape index (κ2) is 11.8. The summed E-state index contributed by atoms with van der Waals surface area (Å²) in [6, 6.07) is 10.5. The van der Waals surface area contributed by atoms with Gasteiger partial charge < -0.3 is 14.7 Å². The zero-order valence-corrected chi connectivity index (χ0v) is 20.5. The molecule has 0 spiro atoms. The number of hydrogen-bond donors (Lipinski definition) is 1. The van der Waals surface area contributed by atoms with Gasteiger partial charge in [0.15, 0.2) is 0 Å². The molecule has 0 aromatic heterocycles. The highest BCUT2D eigenvalue weighted by Gasteiger charge is 2.29. The average Bonchev–Trinajstić information content (AvgIpc) is 2.92. The molecule has 1 unspecified atom stereocenters. The Labute approximate surface area is 201 Å². The molecule has 178 valence electrons. The Bertz CT molecular complexity index is 1000. The number of rotatable bonds is 9. The minimum atomic E-state index is -1.68. The second-order valence-corrected chi connectivity index (χ2v) is 10.1. The molecule has 3 rings (SSSR count). The molecule has 0 bridgehead atoms. The van der Waals surface area contributed by atoms with E-state index in [-0.39, 0.29) is 11.9 Å². The van der Waals surface area contributed by atoms with Crippen LogP contribution in [0.1, 0.15) is 33.1 Å². The van der Waals surface area contributed by atoms with Crippen molar-refractivity contribution in [3.8, 4) is 5.75 Å². The SMILES string of the molecule is CCCCC1CN(c2ccc(F)cc2)c2cc(SCC)c(O/C=C(\F)C(=O)O)cc2SN1C. The maximum absolute atomic E-state index is 13.6. The Hall–Kier alpha value is -2.23. The van der Waals surface area contributed by atoms with Crippen LogP contribution >= 0.6 is 23.7 Å². The van der Waals surface area contributed by atoms with Gasteiger partial charge in [-0.1, -0.05) is 26.7 Å². The summed E-state index contributed by atoms with van der Waals surface area (Å²) < 4.78 is 34.9. The van der Waals surface area contributed by atoms with Crippen LogP contribution in [0.15, 0.2) is 58.3 Å². The third-order valence-electron chi connectivity index (χ3n) is 5.29. The van der Waals surface area contributed by atoms with Gasteiger partial charge >= 0.3 is 5.97 Å². The van der Waals surface area contributed by atoms with Crippen molar-refractivity contribution in [3.63, 3.8) is 0 Å². The first-order valence-corrected chi connectivity index (χ1v) is 12.6. The zero-order valence-electron chi connectivity index (χ0n) is 18.9. The van der Waals surface area contributed by atoms with Crippen LogP contribution in [0.25, 0.3) is 0 Å². The number of anilines is 2. The molecular formula is C24H28F2N2O3S2. The summed E-state index contributed by atoms with van der Waals surface area (Å²) in [5, 5.41) is 8.80. The average molecular weight is 495 g/mol. The Balaban J connectivity index is 2.09. The molecule has 0 fully saturated rings. The quantitative estimate of drug-likeness (QED) is 0.177. The van der Waals surface area contributed by atoms with Gasteiger partial charge in [-0.2, -0.15) is 4.39 Å². The number of carboxylic acids is 1. The minimum absolute atomic E-state index is 0.253. The summed E-state index contributed by atoms with van der Waals surface area (Å²) in [5.74, 6) is -2.19. The highest BCUT2D eigenvalue weighted by molar-refractivity contribution is 7.99. The standard InChI is InChI=1S/C24H28F2N2O3S2/c1-4-6-7-18-14-28(17-10-8-16(25)9-11-17)20-12-23(32-5-2)21(13-22(20)33-27(18)3)31-15-19(26)24(29)30/h8-13,15,18H,4-7,14H2,1-3H3,(H,29,30)/b19-15-. The highest BCUT2D eigenvalue weighted by Crippen LogP contribution is 2.46. The normalized spacial score (nSPS) is 16.9. The van der Waals surface area contributed by atoms with Crippen molar-refractivity contribution < 1.29 is 23.4 Å². The molecule has 9 heteroatoms.